The van der Waals surface area contributed by atoms with Crippen LogP contribution in [0.2, 0.25) is 0 Å². The van der Waals surface area contributed by atoms with Gasteiger partial charge in [-0.2, -0.15) is 0 Å². The van der Waals surface area contributed by atoms with Gasteiger partial charge in [0.05, 0.1) is 11.6 Å². The molecule has 2 heterocycles. The first-order valence-corrected chi connectivity index (χ1v) is 8.21. The van der Waals surface area contributed by atoms with E-state index in [0.717, 1.165) is 23.0 Å². The van der Waals surface area contributed by atoms with Crippen LogP contribution in [0.15, 0.2) is 36.5 Å². The number of rotatable bonds is 2. The smallest absolute Gasteiger partial charge is 0.241 e. The van der Waals surface area contributed by atoms with E-state index in [1.54, 1.807) is 6.20 Å². The Hall–Kier alpha value is -1.94. The van der Waals surface area contributed by atoms with Crippen molar-refractivity contribution in [1.29, 1.82) is 0 Å². The first-order valence-electron chi connectivity index (χ1n) is 8.21. The van der Waals surface area contributed by atoms with E-state index in [0.29, 0.717) is 12.0 Å². The number of carbonyl (C=O) groups is 1. The van der Waals surface area contributed by atoms with Gasteiger partial charge in [-0.3, -0.25) is 9.78 Å². The van der Waals surface area contributed by atoms with Gasteiger partial charge in [0.25, 0.3) is 0 Å². The predicted molar refractivity (Wildman–Crippen MR) is 87.7 cm³/mol. The quantitative estimate of drug-likeness (QED) is 0.895. The molecule has 1 saturated heterocycles. The van der Waals surface area contributed by atoms with Crippen molar-refractivity contribution in [2.75, 3.05) is 5.32 Å². The summed E-state index contributed by atoms with van der Waals surface area (Å²) in [6, 6.07) is 10.3. The maximum atomic E-state index is 12.5. The van der Waals surface area contributed by atoms with Crippen molar-refractivity contribution in [3.8, 4) is 0 Å². The molecule has 1 saturated carbocycles. The van der Waals surface area contributed by atoms with Crippen molar-refractivity contribution < 1.29 is 4.79 Å². The van der Waals surface area contributed by atoms with Crippen molar-refractivity contribution in [2.45, 2.75) is 44.2 Å². The minimum absolute atomic E-state index is 0.0438. The van der Waals surface area contributed by atoms with E-state index in [9.17, 15) is 4.79 Å². The summed E-state index contributed by atoms with van der Waals surface area (Å²) in [7, 11) is 0. The largest absolute Gasteiger partial charge is 0.325 e. The Morgan fingerprint density at radius 2 is 2.14 bits per heavy atom. The molecular formula is C18H21N3O. The lowest BCUT2D eigenvalue weighted by Crippen LogP contribution is -2.39. The molecule has 114 valence electrons. The van der Waals surface area contributed by atoms with E-state index in [4.69, 9.17) is 0 Å². The van der Waals surface area contributed by atoms with Crippen LogP contribution in [0.1, 0.15) is 32.1 Å². The third-order valence-electron chi connectivity index (χ3n) is 5.05. The van der Waals surface area contributed by atoms with Crippen molar-refractivity contribution in [2.24, 2.45) is 5.92 Å². The van der Waals surface area contributed by atoms with Gasteiger partial charge in [-0.15, -0.1) is 0 Å². The van der Waals surface area contributed by atoms with E-state index < -0.39 is 0 Å². The molecule has 1 aromatic heterocycles. The van der Waals surface area contributed by atoms with Gasteiger partial charge in [-0.1, -0.05) is 18.9 Å². The maximum Gasteiger partial charge on any atom is 0.241 e. The van der Waals surface area contributed by atoms with E-state index in [1.807, 2.05) is 30.3 Å². The SMILES string of the molecule is O=C(Nc1ccc2ncccc2c1)C1CC2CCCCC2N1. The summed E-state index contributed by atoms with van der Waals surface area (Å²) in [5.41, 5.74) is 1.80. The van der Waals surface area contributed by atoms with E-state index in [-0.39, 0.29) is 11.9 Å². The molecule has 0 radical (unpaired) electrons. The Morgan fingerprint density at radius 1 is 1.23 bits per heavy atom. The fourth-order valence-electron chi connectivity index (χ4n) is 3.90. The Kier molecular flexibility index (Phi) is 3.54. The molecule has 3 unspecified atom stereocenters. The van der Waals surface area contributed by atoms with Crippen LogP contribution in [0, 0.1) is 5.92 Å². The number of anilines is 1. The molecule has 2 aromatic rings. The molecule has 3 atom stereocenters. The van der Waals surface area contributed by atoms with E-state index in [2.05, 4.69) is 15.6 Å². The highest BCUT2D eigenvalue weighted by molar-refractivity contribution is 5.97. The normalized spacial score (nSPS) is 27.5. The number of amides is 1. The van der Waals surface area contributed by atoms with Crippen LogP contribution < -0.4 is 10.6 Å². The summed E-state index contributed by atoms with van der Waals surface area (Å²) in [5.74, 6) is 0.781. The third kappa shape index (κ3) is 2.59. The molecule has 2 fully saturated rings. The van der Waals surface area contributed by atoms with Crippen molar-refractivity contribution >= 4 is 22.5 Å². The molecule has 2 aliphatic rings. The standard InChI is InChI=1S/C18H21N3O/c22-18(17-11-13-4-1-2-6-16(13)21-17)20-14-7-8-15-12(10-14)5-3-9-19-15/h3,5,7-10,13,16-17,21H,1-2,4,6,11H2,(H,20,22). The molecule has 1 aliphatic carbocycles. The van der Waals surface area contributed by atoms with Gasteiger partial charge in [0.15, 0.2) is 0 Å². The molecule has 4 nitrogen and oxygen atoms in total. The zero-order chi connectivity index (χ0) is 14.9. The van der Waals surface area contributed by atoms with Gasteiger partial charge in [-0.25, -0.2) is 0 Å². The minimum atomic E-state index is -0.0438. The molecule has 22 heavy (non-hydrogen) atoms. The zero-order valence-corrected chi connectivity index (χ0v) is 12.6. The molecule has 1 amide bonds. The number of aromatic nitrogens is 1. The zero-order valence-electron chi connectivity index (χ0n) is 12.6. The molecular weight excluding hydrogens is 274 g/mol. The summed E-state index contributed by atoms with van der Waals surface area (Å²) in [5, 5.41) is 7.63. The molecule has 4 heteroatoms. The summed E-state index contributed by atoms with van der Waals surface area (Å²) in [4.78, 5) is 16.8. The van der Waals surface area contributed by atoms with Gasteiger partial charge in [0, 0.05) is 23.3 Å². The van der Waals surface area contributed by atoms with Gasteiger partial charge >= 0.3 is 0 Å². The van der Waals surface area contributed by atoms with Crippen molar-refractivity contribution in [3.63, 3.8) is 0 Å². The second-order valence-electron chi connectivity index (χ2n) is 6.51. The number of nitrogens with one attached hydrogen (secondary N) is 2. The van der Waals surface area contributed by atoms with Crippen LogP contribution in [0.5, 0.6) is 0 Å². The molecule has 1 aliphatic heterocycles. The van der Waals surface area contributed by atoms with Crippen LogP contribution in [-0.4, -0.2) is 23.0 Å². The van der Waals surface area contributed by atoms with Crippen LogP contribution >= 0.6 is 0 Å². The van der Waals surface area contributed by atoms with E-state index >= 15 is 0 Å². The highest BCUT2D eigenvalue weighted by atomic mass is 16.2. The lowest BCUT2D eigenvalue weighted by molar-refractivity contribution is -0.117. The summed E-state index contributed by atoms with van der Waals surface area (Å²) < 4.78 is 0. The second kappa shape index (κ2) is 5.69. The number of pyridine rings is 1. The van der Waals surface area contributed by atoms with Gasteiger partial charge in [0.1, 0.15) is 0 Å². The molecule has 1 aromatic carbocycles. The lowest BCUT2D eigenvalue weighted by atomic mass is 9.85. The predicted octanol–water partition coefficient (Wildman–Crippen LogP) is 3.09. The van der Waals surface area contributed by atoms with Gasteiger partial charge in [0.2, 0.25) is 5.91 Å². The molecule has 0 spiro atoms. The van der Waals surface area contributed by atoms with Crippen molar-refractivity contribution in [1.82, 2.24) is 10.3 Å². The minimum Gasteiger partial charge on any atom is -0.325 e. The number of benzene rings is 1. The summed E-state index contributed by atoms with van der Waals surface area (Å²) in [6.07, 6.45) is 7.85. The van der Waals surface area contributed by atoms with Crippen molar-refractivity contribution in [3.05, 3.63) is 36.5 Å². The number of hydrogen-bond donors (Lipinski definition) is 2. The average Bonchev–Trinajstić information content (AvgIpc) is 2.99. The average molecular weight is 295 g/mol. The fourth-order valence-corrected chi connectivity index (χ4v) is 3.90. The Bertz CT molecular complexity index is 686. The lowest BCUT2D eigenvalue weighted by Gasteiger charge is -2.24. The monoisotopic (exact) mass is 295 g/mol. The van der Waals surface area contributed by atoms with Crippen LogP contribution in [-0.2, 0) is 4.79 Å². The fraction of sp³-hybridized carbons (Fsp3) is 0.444. The Labute approximate surface area is 130 Å². The second-order valence-corrected chi connectivity index (χ2v) is 6.51. The highest BCUT2D eigenvalue weighted by Crippen LogP contribution is 2.33. The highest BCUT2D eigenvalue weighted by Gasteiger charge is 2.38. The first kappa shape index (κ1) is 13.7. The Balaban J connectivity index is 1.46. The maximum absolute atomic E-state index is 12.5. The number of carbonyl (C=O) groups excluding carboxylic acids is 1. The summed E-state index contributed by atoms with van der Waals surface area (Å²) >= 11 is 0. The van der Waals surface area contributed by atoms with Crippen LogP contribution in [0.3, 0.4) is 0 Å². The molecule has 0 bridgehead atoms. The number of fused-ring (bicyclic) bond motifs is 2. The van der Waals surface area contributed by atoms with Gasteiger partial charge < -0.3 is 10.6 Å². The van der Waals surface area contributed by atoms with Crippen LogP contribution in [0.25, 0.3) is 10.9 Å². The Morgan fingerprint density at radius 3 is 3.05 bits per heavy atom. The number of nitrogens with zero attached hydrogens (tertiary/aromatic N) is 1. The molecule has 2 N–H and O–H groups in total. The van der Waals surface area contributed by atoms with Crippen LogP contribution in [0.4, 0.5) is 5.69 Å². The number of hydrogen-bond acceptors (Lipinski definition) is 3. The van der Waals surface area contributed by atoms with Gasteiger partial charge in [-0.05, 0) is 49.4 Å². The topological polar surface area (TPSA) is 54.0 Å². The third-order valence-corrected chi connectivity index (χ3v) is 5.05. The first-order chi connectivity index (χ1) is 10.8. The molecule has 4 rings (SSSR count). The summed E-state index contributed by atoms with van der Waals surface area (Å²) in [6.45, 7) is 0. The van der Waals surface area contributed by atoms with E-state index in [1.165, 1.54) is 25.7 Å².